The Bertz CT molecular complexity index is 941. The summed E-state index contributed by atoms with van der Waals surface area (Å²) in [5, 5.41) is 0.906. The Kier molecular flexibility index (Phi) is 4.43. The molecule has 4 heteroatoms. The van der Waals surface area contributed by atoms with Crippen LogP contribution >= 0.6 is 0 Å². The van der Waals surface area contributed by atoms with E-state index < -0.39 is 0 Å². The van der Waals surface area contributed by atoms with Gasteiger partial charge in [0.1, 0.15) is 0 Å². The van der Waals surface area contributed by atoms with Crippen molar-refractivity contribution in [1.82, 2.24) is 9.88 Å². The summed E-state index contributed by atoms with van der Waals surface area (Å²) in [7, 11) is 0. The molecule has 0 bridgehead atoms. The summed E-state index contributed by atoms with van der Waals surface area (Å²) in [6.45, 7) is 3.50. The molecule has 0 atom stereocenters. The molecule has 1 aliphatic heterocycles. The van der Waals surface area contributed by atoms with Crippen molar-refractivity contribution in [2.45, 2.75) is 25.8 Å². The lowest BCUT2D eigenvalue weighted by Crippen LogP contribution is -2.42. The van der Waals surface area contributed by atoms with Crippen molar-refractivity contribution in [3.05, 3.63) is 65.7 Å². The molecule has 4 nitrogen and oxygen atoms in total. The number of rotatable bonds is 2. The molecule has 3 aromatic rings. The highest BCUT2D eigenvalue weighted by Gasteiger charge is 2.23. The maximum absolute atomic E-state index is 13.2. The van der Waals surface area contributed by atoms with Gasteiger partial charge in [0, 0.05) is 30.1 Å². The molecule has 0 aliphatic carbocycles. The summed E-state index contributed by atoms with van der Waals surface area (Å²) in [5.74, 6) is 0.0730. The van der Waals surface area contributed by atoms with Gasteiger partial charge in [-0.1, -0.05) is 48.0 Å². The van der Waals surface area contributed by atoms with Crippen LogP contribution < -0.4 is 5.73 Å². The topological polar surface area (TPSA) is 59.2 Å². The van der Waals surface area contributed by atoms with E-state index in [-0.39, 0.29) is 11.9 Å². The molecule has 0 radical (unpaired) electrons. The van der Waals surface area contributed by atoms with Gasteiger partial charge in [0.25, 0.3) is 5.91 Å². The average molecular weight is 345 g/mol. The number of likely N-dealkylation sites (tertiary alicyclic amines) is 1. The second kappa shape index (κ2) is 6.89. The first-order valence-electron chi connectivity index (χ1n) is 9.13. The summed E-state index contributed by atoms with van der Waals surface area (Å²) in [6, 6.07) is 18.3. The summed E-state index contributed by atoms with van der Waals surface area (Å²) >= 11 is 0. The smallest absolute Gasteiger partial charge is 0.254 e. The molecule has 2 heterocycles. The van der Waals surface area contributed by atoms with Crippen molar-refractivity contribution in [3.63, 3.8) is 0 Å². The zero-order valence-electron chi connectivity index (χ0n) is 15.0. The Morgan fingerprint density at radius 2 is 1.77 bits per heavy atom. The van der Waals surface area contributed by atoms with Gasteiger partial charge in [-0.15, -0.1) is 0 Å². The van der Waals surface area contributed by atoms with Crippen LogP contribution in [0.15, 0.2) is 54.6 Å². The predicted molar refractivity (Wildman–Crippen MR) is 105 cm³/mol. The van der Waals surface area contributed by atoms with E-state index in [1.54, 1.807) is 0 Å². The molecule has 1 saturated heterocycles. The number of fused-ring (bicyclic) bond motifs is 1. The zero-order valence-corrected chi connectivity index (χ0v) is 15.0. The second-order valence-corrected chi connectivity index (χ2v) is 7.07. The van der Waals surface area contributed by atoms with E-state index in [4.69, 9.17) is 10.7 Å². The SMILES string of the molecule is Cc1ccc(-c2cc(C(=O)N3CCC(N)CC3)c3ccccc3n2)cc1. The van der Waals surface area contributed by atoms with Gasteiger partial charge >= 0.3 is 0 Å². The minimum Gasteiger partial charge on any atom is -0.339 e. The fraction of sp³-hybridized carbons (Fsp3) is 0.273. The van der Waals surface area contributed by atoms with E-state index in [0.717, 1.165) is 53.7 Å². The first kappa shape index (κ1) is 16.7. The van der Waals surface area contributed by atoms with E-state index in [1.807, 2.05) is 35.2 Å². The number of pyridine rings is 1. The molecule has 2 aromatic carbocycles. The number of nitrogens with two attached hydrogens (primary N) is 1. The molecule has 1 amide bonds. The lowest BCUT2D eigenvalue weighted by molar-refractivity contribution is 0.0716. The summed E-state index contributed by atoms with van der Waals surface area (Å²) < 4.78 is 0. The number of amides is 1. The number of carbonyl (C=O) groups is 1. The number of piperidine rings is 1. The molecule has 4 rings (SSSR count). The number of hydrogen-bond acceptors (Lipinski definition) is 3. The number of aryl methyl sites for hydroxylation is 1. The Morgan fingerprint density at radius 1 is 1.08 bits per heavy atom. The van der Waals surface area contributed by atoms with E-state index in [0.29, 0.717) is 0 Å². The minimum absolute atomic E-state index is 0.0730. The van der Waals surface area contributed by atoms with Crippen molar-refractivity contribution >= 4 is 16.8 Å². The highest BCUT2D eigenvalue weighted by Crippen LogP contribution is 2.27. The standard InChI is InChI=1S/C22H23N3O/c1-15-6-8-16(9-7-15)21-14-19(18-4-2-3-5-20(18)24-21)22(26)25-12-10-17(23)11-13-25/h2-9,14,17H,10-13,23H2,1H3. The Labute approximate surface area is 153 Å². The monoisotopic (exact) mass is 345 g/mol. The largest absolute Gasteiger partial charge is 0.339 e. The molecule has 132 valence electrons. The molecule has 2 N–H and O–H groups in total. The van der Waals surface area contributed by atoms with Crippen LogP contribution in [0.5, 0.6) is 0 Å². The van der Waals surface area contributed by atoms with E-state index in [1.165, 1.54) is 5.56 Å². The molecule has 1 aromatic heterocycles. The molecule has 26 heavy (non-hydrogen) atoms. The molecular weight excluding hydrogens is 322 g/mol. The maximum atomic E-state index is 13.2. The second-order valence-electron chi connectivity index (χ2n) is 7.07. The lowest BCUT2D eigenvalue weighted by Gasteiger charge is -2.30. The van der Waals surface area contributed by atoms with Crippen LogP contribution in [0.3, 0.4) is 0 Å². The van der Waals surface area contributed by atoms with Gasteiger partial charge in [-0.05, 0) is 31.9 Å². The number of hydrogen-bond donors (Lipinski definition) is 1. The summed E-state index contributed by atoms with van der Waals surface area (Å²) in [4.78, 5) is 19.9. The van der Waals surface area contributed by atoms with Crippen molar-refractivity contribution in [2.24, 2.45) is 5.73 Å². The Morgan fingerprint density at radius 3 is 2.50 bits per heavy atom. The number of nitrogens with zero attached hydrogens (tertiary/aromatic N) is 2. The third-order valence-electron chi connectivity index (χ3n) is 5.12. The number of benzene rings is 2. The fourth-order valence-corrected chi connectivity index (χ4v) is 3.50. The van der Waals surface area contributed by atoms with Gasteiger partial charge in [-0.2, -0.15) is 0 Å². The Balaban J connectivity index is 1.79. The van der Waals surface area contributed by atoms with Gasteiger partial charge in [0.05, 0.1) is 16.8 Å². The highest BCUT2D eigenvalue weighted by atomic mass is 16.2. The zero-order chi connectivity index (χ0) is 18.1. The van der Waals surface area contributed by atoms with Crippen LogP contribution in [0.25, 0.3) is 22.2 Å². The summed E-state index contributed by atoms with van der Waals surface area (Å²) in [6.07, 6.45) is 1.72. The first-order chi connectivity index (χ1) is 12.6. The first-order valence-corrected chi connectivity index (χ1v) is 9.13. The van der Waals surface area contributed by atoms with Gasteiger partial charge in [-0.3, -0.25) is 4.79 Å². The molecule has 1 fully saturated rings. The fourth-order valence-electron chi connectivity index (χ4n) is 3.50. The normalized spacial score (nSPS) is 15.4. The van der Waals surface area contributed by atoms with Crippen LogP contribution in [0.4, 0.5) is 0 Å². The minimum atomic E-state index is 0.0730. The van der Waals surface area contributed by atoms with Crippen molar-refractivity contribution < 1.29 is 4.79 Å². The van der Waals surface area contributed by atoms with Gasteiger partial charge in [0.2, 0.25) is 0 Å². The van der Waals surface area contributed by atoms with Crippen LogP contribution in [0, 0.1) is 6.92 Å². The predicted octanol–water partition coefficient (Wildman–Crippen LogP) is 3.77. The lowest BCUT2D eigenvalue weighted by atomic mass is 10.0. The Hall–Kier alpha value is -2.72. The number of para-hydroxylation sites is 1. The van der Waals surface area contributed by atoms with Crippen molar-refractivity contribution in [2.75, 3.05) is 13.1 Å². The van der Waals surface area contributed by atoms with Gasteiger partial charge in [0.15, 0.2) is 0 Å². The van der Waals surface area contributed by atoms with Crippen LogP contribution in [0.2, 0.25) is 0 Å². The van der Waals surface area contributed by atoms with Crippen LogP contribution in [-0.2, 0) is 0 Å². The molecular formula is C22H23N3O. The van der Waals surface area contributed by atoms with E-state index >= 15 is 0 Å². The maximum Gasteiger partial charge on any atom is 0.254 e. The number of carbonyl (C=O) groups excluding carboxylic acids is 1. The summed E-state index contributed by atoms with van der Waals surface area (Å²) in [5.41, 5.74) is 10.6. The molecule has 0 unspecified atom stereocenters. The van der Waals surface area contributed by atoms with Crippen molar-refractivity contribution in [3.8, 4) is 11.3 Å². The quantitative estimate of drug-likeness (QED) is 0.769. The van der Waals surface area contributed by atoms with Gasteiger partial charge < -0.3 is 10.6 Å². The third kappa shape index (κ3) is 3.20. The van der Waals surface area contributed by atoms with Crippen LogP contribution in [-0.4, -0.2) is 34.9 Å². The molecule has 0 saturated carbocycles. The highest BCUT2D eigenvalue weighted by molar-refractivity contribution is 6.07. The number of aromatic nitrogens is 1. The molecule has 0 spiro atoms. The van der Waals surface area contributed by atoms with E-state index in [2.05, 4.69) is 31.2 Å². The third-order valence-corrected chi connectivity index (χ3v) is 5.12. The van der Waals surface area contributed by atoms with E-state index in [9.17, 15) is 4.79 Å². The molecule has 1 aliphatic rings. The van der Waals surface area contributed by atoms with Crippen LogP contribution in [0.1, 0.15) is 28.8 Å². The van der Waals surface area contributed by atoms with Gasteiger partial charge in [-0.25, -0.2) is 4.98 Å². The average Bonchev–Trinajstić information content (AvgIpc) is 2.68. The van der Waals surface area contributed by atoms with Crippen molar-refractivity contribution in [1.29, 1.82) is 0 Å².